The summed E-state index contributed by atoms with van der Waals surface area (Å²) in [6.45, 7) is 3.48. The number of thioether (sulfide) groups is 1. The number of carbonyl (C=O) groups is 1. The van der Waals surface area contributed by atoms with Crippen molar-refractivity contribution in [2.24, 2.45) is 17.8 Å². The van der Waals surface area contributed by atoms with Gasteiger partial charge in [-0.25, -0.2) is 4.39 Å². The van der Waals surface area contributed by atoms with Crippen LogP contribution in [-0.4, -0.2) is 21.4 Å². The summed E-state index contributed by atoms with van der Waals surface area (Å²) < 4.78 is 19.8. The SMILES string of the molecule is Cc1ccc(NC(=O)[C@@H](C)Sc2nnc(C34CC5CC(CC(C5)C3)C4)o2)cc1F. The predicted molar refractivity (Wildman–Crippen MR) is 109 cm³/mol. The van der Waals surface area contributed by atoms with Crippen LogP contribution in [0.1, 0.15) is 56.9 Å². The van der Waals surface area contributed by atoms with Gasteiger partial charge in [-0.1, -0.05) is 17.8 Å². The number of carbonyl (C=O) groups excluding carboxylic acids is 1. The van der Waals surface area contributed by atoms with Gasteiger partial charge in [0.25, 0.3) is 5.22 Å². The van der Waals surface area contributed by atoms with Crippen molar-refractivity contribution >= 4 is 23.4 Å². The molecule has 1 aromatic heterocycles. The maximum atomic E-state index is 13.7. The van der Waals surface area contributed by atoms with Gasteiger partial charge >= 0.3 is 0 Å². The molecular formula is C22H26FN3O2S. The van der Waals surface area contributed by atoms with Gasteiger partial charge in [0.05, 0.1) is 5.25 Å². The Balaban J connectivity index is 1.25. The van der Waals surface area contributed by atoms with Crippen LogP contribution in [0.2, 0.25) is 0 Å². The molecule has 1 heterocycles. The Morgan fingerprint density at radius 1 is 1.21 bits per heavy atom. The number of halogens is 1. The second kappa shape index (κ2) is 7.11. The Hall–Kier alpha value is -1.89. The van der Waals surface area contributed by atoms with E-state index in [1.165, 1.54) is 56.4 Å². The van der Waals surface area contributed by atoms with Gasteiger partial charge in [-0.3, -0.25) is 4.79 Å². The van der Waals surface area contributed by atoms with Crippen LogP contribution in [0.15, 0.2) is 27.8 Å². The van der Waals surface area contributed by atoms with E-state index >= 15 is 0 Å². The molecule has 0 aliphatic heterocycles. The van der Waals surface area contributed by atoms with Crippen molar-refractivity contribution in [3.8, 4) is 0 Å². The number of amides is 1. The van der Waals surface area contributed by atoms with Crippen molar-refractivity contribution in [1.82, 2.24) is 10.2 Å². The van der Waals surface area contributed by atoms with E-state index in [4.69, 9.17) is 4.42 Å². The molecule has 4 aliphatic rings. The highest BCUT2D eigenvalue weighted by Crippen LogP contribution is 2.60. The molecule has 7 heteroatoms. The average Bonchev–Trinajstić information content (AvgIpc) is 3.13. The Bertz CT molecular complexity index is 909. The molecule has 5 nitrogen and oxygen atoms in total. The van der Waals surface area contributed by atoms with E-state index in [2.05, 4.69) is 15.5 Å². The molecule has 4 fully saturated rings. The molecule has 0 unspecified atom stereocenters. The van der Waals surface area contributed by atoms with E-state index < -0.39 is 5.25 Å². The molecule has 4 saturated carbocycles. The van der Waals surface area contributed by atoms with E-state index in [1.807, 2.05) is 0 Å². The Kier molecular flexibility index (Phi) is 4.68. The number of hydrogen-bond donors (Lipinski definition) is 1. The highest BCUT2D eigenvalue weighted by atomic mass is 32.2. The number of nitrogens with zero attached hydrogens (tertiary/aromatic N) is 2. The lowest BCUT2D eigenvalue weighted by atomic mass is 9.49. The molecule has 0 saturated heterocycles. The molecular weight excluding hydrogens is 389 g/mol. The number of benzene rings is 1. The van der Waals surface area contributed by atoms with Crippen LogP contribution in [0.25, 0.3) is 0 Å². The predicted octanol–water partition coefficient (Wildman–Crippen LogP) is 5.10. The summed E-state index contributed by atoms with van der Waals surface area (Å²) in [6, 6.07) is 4.69. The third kappa shape index (κ3) is 3.58. The lowest BCUT2D eigenvalue weighted by Crippen LogP contribution is -2.48. The monoisotopic (exact) mass is 415 g/mol. The zero-order chi connectivity index (χ0) is 20.2. The lowest BCUT2D eigenvalue weighted by Gasteiger charge is -2.55. The fourth-order valence-electron chi connectivity index (χ4n) is 5.96. The Labute approximate surface area is 174 Å². The molecule has 4 bridgehead atoms. The van der Waals surface area contributed by atoms with Crippen LogP contribution in [0.4, 0.5) is 10.1 Å². The third-order valence-electron chi connectivity index (χ3n) is 6.98. The normalized spacial score (nSPS) is 31.1. The van der Waals surface area contributed by atoms with Gasteiger partial charge in [-0.15, -0.1) is 10.2 Å². The van der Waals surface area contributed by atoms with Gasteiger partial charge in [0.2, 0.25) is 11.8 Å². The second-order valence-electron chi connectivity index (χ2n) is 9.28. The second-order valence-corrected chi connectivity index (χ2v) is 10.6. The molecule has 0 spiro atoms. The van der Waals surface area contributed by atoms with Crippen LogP contribution in [-0.2, 0) is 10.2 Å². The first-order valence-electron chi connectivity index (χ1n) is 10.5. The highest BCUT2D eigenvalue weighted by molar-refractivity contribution is 8.00. The molecule has 2 aromatic rings. The Morgan fingerprint density at radius 3 is 2.48 bits per heavy atom. The molecule has 154 valence electrons. The van der Waals surface area contributed by atoms with Crippen molar-refractivity contribution in [3.63, 3.8) is 0 Å². The number of hydrogen-bond acceptors (Lipinski definition) is 5. The minimum atomic E-state index is -0.427. The van der Waals surface area contributed by atoms with Crippen LogP contribution in [0, 0.1) is 30.5 Å². The molecule has 1 N–H and O–H groups in total. The van der Waals surface area contributed by atoms with Gasteiger partial charge in [-0.2, -0.15) is 0 Å². The fourth-order valence-corrected chi connectivity index (χ4v) is 6.65. The zero-order valence-corrected chi connectivity index (χ0v) is 17.6. The van der Waals surface area contributed by atoms with Crippen molar-refractivity contribution in [3.05, 3.63) is 35.5 Å². The fraction of sp³-hybridized carbons (Fsp3) is 0.591. The molecule has 4 aliphatic carbocycles. The van der Waals surface area contributed by atoms with E-state index in [0.29, 0.717) is 16.5 Å². The van der Waals surface area contributed by atoms with Crippen LogP contribution >= 0.6 is 11.8 Å². The average molecular weight is 416 g/mol. The van der Waals surface area contributed by atoms with Gasteiger partial charge in [0, 0.05) is 11.1 Å². The van der Waals surface area contributed by atoms with Gasteiger partial charge in [0.1, 0.15) is 5.82 Å². The summed E-state index contributed by atoms with van der Waals surface area (Å²) in [4.78, 5) is 12.5. The van der Waals surface area contributed by atoms with Crippen LogP contribution in [0.5, 0.6) is 0 Å². The summed E-state index contributed by atoms with van der Waals surface area (Å²) in [7, 11) is 0. The first-order chi connectivity index (χ1) is 13.9. The van der Waals surface area contributed by atoms with Crippen molar-refractivity contribution in [2.45, 2.75) is 68.3 Å². The molecule has 29 heavy (non-hydrogen) atoms. The van der Waals surface area contributed by atoms with Crippen molar-refractivity contribution < 1.29 is 13.6 Å². The summed E-state index contributed by atoms with van der Waals surface area (Å²) in [5.41, 5.74) is 1.06. The number of aryl methyl sites for hydroxylation is 1. The van der Waals surface area contributed by atoms with Crippen molar-refractivity contribution in [2.75, 3.05) is 5.32 Å². The number of rotatable bonds is 5. The first-order valence-corrected chi connectivity index (χ1v) is 11.4. The third-order valence-corrected chi connectivity index (χ3v) is 7.92. The van der Waals surface area contributed by atoms with E-state index in [1.54, 1.807) is 26.0 Å². The van der Waals surface area contributed by atoms with Gasteiger partial charge < -0.3 is 9.73 Å². The molecule has 1 atom stereocenters. The minimum absolute atomic E-state index is 0.0610. The molecule has 6 rings (SSSR count). The molecule has 1 amide bonds. The Morgan fingerprint density at radius 2 is 1.86 bits per heavy atom. The smallest absolute Gasteiger partial charge is 0.277 e. The summed E-state index contributed by atoms with van der Waals surface area (Å²) in [6.07, 6.45) is 7.60. The first kappa shape index (κ1) is 19.1. The maximum Gasteiger partial charge on any atom is 0.277 e. The van der Waals surface area contributed by atoms with Gasteiger partial charge in [-0.05, 0) is 87.8 Å². The largest absolute Gasteiger partial charge is 0.415 e. The summed E-state index contributed by atoms with van der Waals surface area (Å²) in [5.74, 6) is 2.65. The number of aromatic nitrogens is 2. The standard InChI is InChI=1S/C22H26FN3O2S/c1-12-3-4-17(8-18(12)23)24-19(27)13(2)29-21-26-25-20(28-21)22-9-14-5-15(10-22)7-16(6-14)11-22/h3-4,8,13-16H,5-7,9-11H2,1-2H3,(H,24,27)/t13-,14?,15?,16?,22?/m1/s1. The van der Waals surface area contributed by atoms with E-state index in [9.17, 15) is 9.18 Å². The summed E-state index contributed by atoms with van der Waals surface area (Å²) in [5, 5.41) is 11.4. The highest BCUT2D eigenvalue weighted by Gasteiger charge is 2.54. The molecule has 1 aromatic carbocycles. The van der Waals surface area contributed by atoms with Crippen molar-refractivity contribution in [1.29, 1.82) is 0 Å². The zero-order valence-electron chi connectivity index (χ0n) is 16.8. The minimum Gasteiger partial charge on any atom is -0.415 e. The van der Waals surface area contributed by atoms with Crippen LogP contribution in [0.3, 0.4) is 0 Å². The topological polar surface area (TPSA) is 68.0 Å². The van der Waals surface area contributed by atoms with Gasteiger partial charge in [0.15, 0.2) is 0 Å². The maximum absolute atomic E-state index is 13.7. The number of nitrogens with one attached hydrogen (secondary N) is 1. The van der Waals surface area contributed by atoms with E-state index in [0.717, 1.165) is 23.6 Å². The van der Waals surface area contributed by atoms with Crippen LogP contribution < -0.4 is 5.32 Å². The van der Waals surface area contributed by atoms with E-state index in [-0.39, 0.29) is 17.1 Å². The summed E-state index contributed by atoms with van der Waals surface area (Å²) >= 11 is 1.26. The lowest BCUT2D eigenvalue weighted by molar-refractivity contribution is -0.115. The number of anilines is 1. The quantitative estimate of drug-likeness (QED) is 0.688. The molecule has 0 radical (unpaired) electrons.